The summed E-state index contributed by atoms with van der Waals surface area (Å²) in [5, 5.41) is 2.62. The van der Waals surface area contributed by atoms with Gasteiger partial charge >= 0.3 is 6.03 Å². The molecule has 0 aliphatic carbocycles. The zero-order chi connectivity index (χ0) is 15.4. The van der Waals surface area contributed by atoms with E-state index in [-0.39, 0.29) is 11.9 Å². The van der Waals surface area contributed by atoms with Crippen molar-refractivity contribution in [2.24, 2.45) is 0 Å². The first-order chi connectivity index (χ1) is 10.7. The van der Waals surface area contributed by atoms with E-state index in [1.54, 1.807) is 30.6 Å². The fourth-order valence-corrected chi connectivity index (χ4v) is 2.29. The van der Waals surface area contributed by atoms with Gasteiger partial charge in [0.2, 0.25) is 0 Å². The summed E-state index contributed by atoms with van der Waals surface area (Å²) < 4.78 is 0. The number of hydrogen-bond donors (Lipinski definition) is 1. The average Bonchev–Trinajstić information content (AvgIpc) is 2.81. The predicted octanol–water partition coefficient (Wildman–Crippen LogP) is 2.22. The minimum absolute atomic E-state index is 0.294. The number of hydrogen-bond acceptors (Lipinski definition) is 3. The highest BCUT2D eigenvalue weighted by Gasteiger charge is 2.32. The first-order valence-corrected chi connectivity index (χ1v) is 7.02. The van der Waals surface area contributed by atoms with Crippen LogP contribution in [0.3, 0.4) is 0 Å². The first kappa shape index (κ1) is 14.0. The van der Waals surface area contributed by atoms with Gasteiger partial charge in [-0.25, -0.2) is 4.79 Å². The van der Waals surface area contributed by atoms with Crippen LogP contribution in [0.2, 0.25) is 0 Å². The monoisotopic (exact) mass is 293 g/mol. The Bertz CT molecular complexity index is 711. The molecular weight excluding hydrogens is 278 g/mol. The molecule has 22 heavy (non-hydrogen) atoms. The van der Waals surface area contributed by atoms with Gasteiger partial charge in [0, 0.05) is 18.9 Å². The van der Waals surface area contributed by atoms with Crippen molar-refractivity contribution in [1.82, 2.24) is 15.2 Å². The number of rotatable bonds is 4. The molecule has 0 saturated carbocycles. The lowest BCUT2D eigenvalue weighted by Crippen LogP contribution is -2.32. The topological polar surface area (TPSA) is 62.3 Å². The van der Waals surface area contributed by atoms with Gasteiger partial charge in [-0.2, -0.15) is 0 Å². The van der Waals surface area contributed by atoms with Crippen molar-refractivity contribution in [3.05, 3.63) is 71.7 Å². The number of urea groups is 1. The Balaban J connectivity index is 1.71. The van der Waals surface area contributed by atoms with Crippen LogP contribution in [0.15, 0.2) is 60.6 Å². The second-order valence-corrected chi connectivity index (χ2v) is 4.96. The molecule has 1 saturated heterocycles. The smallest absolute Gasteiger partial charge is 0.303 e. The Hall–Kier alpha value is -2.95. The summed E-state index contributed by atoms with van der Waals surface area (Å²) >= 11 is 0. The highest BCUT2D eigenvalue weighted by atomic mass is 16.2. The first-order valence-electron chi connectivity index (χ1n) is 7.02. The number of carbonyl (C=O) groups is 2. The number of pyridine rings is 1. The summed E-state index contributed by atoms with van der Waals surface area (Å²) in [6, 6.07) is 13.0. The molecule has 3 amide bonds. The molecule has 5 nitrogen and oxygen atoms in total. The standard InChI is InChI=1S/C17H15N3O2/c21-16-15(12-14-6-9-18-10-7-14)19-17(22)20(16)11-8-13-4-2-1-3-5-13/h1-7,9-10,12H,8,11H2,(H,19,22)/b15-12-. The van der Waals surface area contributed by atoms with Gasteiger partial charge < -0.3 is 5.32 Å². The van der Waals surface area contributed by atoms with E-state index < -0.39 is 0 Å². The lowest BCUT2D eigenvalue weighted by Gasteiger charge is -2.11. The van der Waals surface area contributed by atoms with Crippen LogP contribution in [-0.2, 0) is 11.2 Å². The van der Waals surface area contributed by atoms with E-state index in [4.69, 9.17) is 0 Å². The van der Waals surface area contributed by atoms with Gasteiger partial charge in [-0.1, -0.05) is 30.3 Å². The zero-order valence-electron chi connectivity index (χ0n) is 11.9. The van der Waals surface area contributed by atoms with E-state index >= 15 is 0 Å². The summed E-state index contributed by atoms with van der Waals surface area (Å²) in [5.74, 6) is -0.294. The Morgan fingerprint density at radius 1 is 1.05 bits per heavy atom. The molecule has 110 valence electrons. The molecule has 2 aromatic rings. The fourth-order valence-electron chi connectivity index (χ4n) is 2.29. The maximum absolute atomic E-state index is 12.3. The number of aromatic nitrogens is 1. The molecule has 0 radical (unpaired) electrons. The van der Waals surface area contributed by atoms with Crippen LogP contribution in [0.5, 0.6) is 0 Å². The van der Waals surface area contributed by atoms with E-state index in [2.05, 4.69) is 10.3 Å². The third kappa shape index (κ3) is 3.03. The molecule has 0 bridgehead atoms. The fraction of sp³-hybridized carbons (Fsp3) is 0.118. The van der Waals surface area contributed by atoms with Crippen LogP contribution in [0.1, 0.15) is 11.1 Å². The number of benzene rings is 1. The van der Waals surface area contributed by atoms with Crippen LogP contribution < -0.4 is 5.32 Å². The van der Waals surface area contributed by atoms with E-state index in [0.29, 0.717) is 18.7 Å². The molecule has 3 rings (SSSR count). The lowest BCUT2D eigenvalue weighted by atomic mass is 10.1. The lowest BCUT2D eigenvalue weighted by molar-refractivity contribution is -0.122. The quantitative estimate of drug-likeness (QED) is 0.694. The highest BCUT2D eigenvalue weighted by Crippen LogP contribution is 2.14. The maximum Gasteiger partial charge on any atom is 0.329 e. The molecule has 0 spiro atoms. The summed E-state index contributed by atoms with van der Waals surface area (Å²) in [7, 11) is 0. The predicted molar refractivity (Wildman–Crippen MR) is 82.6 cm³/mol. The summed E-state index contributed by atoms with van der Waals surface area (Å²) in [5.41, 5.74) is 2.21. The van der Waals surface area contributed by atoms with Crippen molar-refractivity contribution in [2.75, 3.05) is 6.54 Å². The molecular formula is C17H15N3O2. The SMILES string of the molecule is O=C1N/C(=C\c2ccncc2)C(=O)N1CCc1ccccc1. The van der Waals surface area contributed by atoms with E-state index in [9.17, 15) is 9.59 Å². The molecule has 5 heteroatoms. The van der Waals surface area contributed by atoms with Crippen molar-refractivity contribution in [2.45, 2.75) is 6.42 Å². The van der Waals surface area contributed by atoms with Crippen LogP contribution in [0.4, 0.5) is 4.79 Å². The van der Waals surface area contributed by atoms with Gasteiger partial charge in [0.25, 0.3) is 5.91 Å². The normalized spacial score (nSPS) is 16.2. The van der Waals surface area contributed by atoms with Crippen LogP contribution in [-0.4, -0.2) is 28.4 Å². The Morgan fingerprint density at radius 2 is 1.77 bits per heavy atom. The van der Waals surface area contributed by atoms with Crippen LogP contribution in [0.25, 0.3) is 6.08 Å². The molecule has 0 atom stereocenters. The molecule has 1 fully saturated rings. The second kappa shape index (κ2) is 6.22. The molecule has 0 unspecified atom stereocenters. The van der Waals surface area contributed by atoms with Gasteiger partial charge in [-0.05, 0) is 35.8 Å². The van der Waals surface area contributed by atoms with Crippen molar-refractivity contribution < 1.29 is 9.59 Å². The summed E-state index contributed by atoms with van der Waals surface area (Å²) in [6.07, 6.45) is 5.58. The van der Waals surface area contributed by atoms with Crippen molar-refractivity contribution in [1.29, 1.82) is 0 Å². The molecule has 1 aliphatic rings. The number of amides is 3. The van der Waals surface area contributed by atoms with Crippen molar-refractivity contribution in [3.63, 3.8) is 0 Å². The molecule has 1 aromatic heterocycles. The highest BCUT2D eigenvalue weighted by molar-refractivity contribution is 6.13. The number of nitrogens with zero attached hydrogens (tertiary/aromatic N) is 2. The van der Waals surface area contributed by atoms with E-state index in [1.165, 1.54) is 4.90 Å². The van der Waals surface area contributed by atoms with Gasteiger partial charge in [-0.3, -0.25) is 14.7 Å². The molecule has 2 heterocycles. The second-order valence-electron chi connectivity index (χ2n) is 4.96. The maximum atomic E-state index is 12.3. The van der Waals surface area contributed by atoms with E-state index in [1.807, 2.05) is 30.3 Å². The molecule has 1 N–H and O–H groups in total. The number of nitrogens with one attached hydrogen (secondary N) is 1. The zero-order valence-corrected chi connectivity index (χ0v) is 11.9. The third-order valence-corrected chi connectivity index (χ3v) is 3.45. The van der Waals surface area contributed by atoms with E-state index in [0.717, 1.165) is 11.1 Å². The molecule has 1 aliphatic heterocycles. The van der Waals surface area contributed by atoms with Gasteiger partial charge in [0.05, 0.1) is 0 Å². The minimum atomic E-state index is -0.374. The average molecular weight is 293 g/mol. The van der Waals surface area contributed by atoms with Gasteiger partial charge in [-0.15, -0.1) is 0 Å². The van der Waals surface area contributed by atoms with Crippen LogP contribution in [0, 0.1) is 0 Å². The number of carbonyl (C=O) groups excluding carboxylic acids is 2. The summed E-state index contributed by atoms with van der Waals surface area (Å²) in [4.78, 5) is 29.4. The van der Waals surface area contributed by atoms with Crippen molar-refractivity contribution in [3.8, 4) is 0 Å². The van der Waals surface area contributed by atoms with Gasteiger partial charge in [0.1, 0.15) is 5.70 Å². The Kier molecular flexibility index (Phi) is 3.96. The third-order valence-electron chi connectivity index (χ3n) is 3.45. The van der Waals surface area contributed by atoms with Crippen LogP contribution >= 0.6 is 0 Å². The largest absolute Gasteiger partial charge is 0.329 e. The minimum Gasteiger partial charge on any atom is -0.303 e. The summed E-state index contributed by atoms with van der Waals surface area (Å²) in [6.45, 7) is 0.363. The van der Waals surface area contributed by atoms with Gasteiger partial charge in [0.15, 0.2) is 0 Å². The number of imide groups is 1. The Morgan fingerprint density at radius 3 is 2.50 bits per heavy atom. The van der Waals surface area contributed by atoms with Crippen molar-refractivity contribution >= 4 is 18.0 Å². The Labute approximate surface area is 128 Å². The molecule has 1 aromatic carbocycles.